The molecule has 1 aromatic carbocycles. The SMILES string of the molecule is CCC(=O)N[C@H](C(=O)N1CCN(C(=O)c2c(C(=O)NCCOCCOCCO)c3ccc(OC)cc3n2C)CC1)C1CCCCC1. The quantitative estimate of drug-likeness (QED) is 0.248. The van der Waals surface area contributed by atoms with Crippen LogP contribution in [0.25, 0.3) is 10.9 Å². The molecule has 0 bridgehead atoms. The van der Waals surface area contributed by atoms with Gasteiger partial charge in [-0.15, -0.1) is 0 Å². The number of amides is 4. The van der Waals surface area contributed by atoms with Gasteiger partial charge in [0, 0.05) is 57.6 Å². The average molecular weight is 644 g/mol. The first-order valence-corrected chi connectivity index (χ1v) is 16.4. The molecule has 1 aromatic heterocycles. The van der Waals surface area contributed by atoms with Crippen LogP contribution in [0.1, 0.15) is 66.3 Å². The second kappa shape index (κ2) is 17.3. The molecule has 2 aliphatic rings. The van der Waals surface area contributed by atoms with Crippen molar-refractivity contribution in [2.75, 3.05) is 72.9 Å². The number of carbonyl (C=O) groups is 4. The number of aryl methyl sites for hydroxylation is 1. The van der Waals surface area contributed by atoms with Gasteiger partial charge in [0.15, 0.2) is 0 Å². The third-order valence-corrected chi connectivity index (χ3v) is 8.88. The smallest absolute Gasteiger partial charge is 0.271 e. The molecule has 1 aliphatic carbocycles. The number of aliphatic hydroxyl groups is 1. The second-order valence-electron chi connectivity index (χ2n) is 11.8. The Morgan fingerprint density at radius 3 is 2.28 bits per heavy atom. The molecular formula is C33H49N5O8. The van der Waals surface area contributed by atoms with Gasteiger partial charge in [0.2, 0.25) is 11.8 Å². The van der Waals surface area contributed by atoms with Crippen LogP contribution in [-0.4, -0.2) is 122 Å². The van der Waals surface area contributed by atoms with Gasteiger partial charge in [0.05, 0.1) is 51.2 Å². The van der Waals surface area contributed by atoms with E-state index in [0.29, 0.717) is 62.5 Å². The molecule has 0 spiro atoms. The third kappa shape index (κ3) is 8.56. The van der Waals surface area contributed by atoms with Gasteiger partial charge in [0.1, 0.15) is 17.5 Å². The number of nitrogens with one attached hydrogen (secondary N) is 2. The minimum Gasteiger partial charge on any atom is -0.497 e. The zero-order chi connectivity index (χ0) is 33.1. The third-order valence-electron chi connectivity index (χ3n) is 8.88. The van der Waals surface area contributed by atoms with Crippen molar-refractivity contribution < 1.29 is 38.5 Å². The van der Waals surface area contributed by atoms with Crippen molar-refractivity contribution in [3.05, 3.63) is 29.5 Å². The number of aromatic nitrogens is 1. The van der Waals surface area contributed by atoms with E-state index in [9.17, 15) is 19.2 Å². The highest BCUT2D eigenvalue weighted by molar-refractivity contribution is 6.16. The number of methoxy groups -OCH3 is 1. The van der Waals surface area contributed by atoms with Crippen LogP contribution in [0, 0.1) is 5.92 Å². The number of rotatable bonds is 15. The lowest BCUT2D eigenvalue weighted by molar-refractivity contribution is -0.139. The Labute approximate surface area is 270 Å². The number of carbonyl (C=O) groups excluding carboxylic acids is 4. The van der Waals surface area contributed by atoms with E-state index in [0.717, 1.165) is 32.1 Å². The molecule has 1 aliphatic heterocycles. The highest BCUT2D eigenvalue weighted by atomic mass is 16.5. The summed E-state index contributed by atoms with van der Waals surface area (Å²) in [4.78, 5) is 57.1. The molecule has 13 heteroatoms. The van der Waals surface area contributed by atoms with Crippen molar-refractivity contribution in [3.8, 4) is 5.75 Å². The molecule has 254 valence electrons. The first-order valence-electron chi connectivity index (χ1n) is 16.4. The number of nitrogens with zero attached hydrogens (tertiary/aromatic N) is 3. The molecule has 4 rings (SSSR count). The standard InChI is InChI=1S/C33H49N5O8/c1-4-27(40)35-29(23-8-6-5-7-9-23)32(42)37-13-15-38(16-14-37)33(43)30-28(25-11-10-24(44-3)22-26(25)36(30)2)31(41)34-12-18-45-20-21-46-19-17-39/h10-11,22-23,29,39H,4-9,12-21H2,1-3H3,(H,34,41)(H,35,40)/t29-/m0/s1. The van der Waals surface area contributed by atoms with Crippen LogP contribution in [0.3, 0.4) is 0 Å². The average Bonchev–Trinajstić information content (AvgIpc) is 3.39. The molecule has 2 aromatic rings. The Morgan fingerprint density at radius 1 is 0.957 bits per heavy atom. The highest BCUT2D eigenvalue weighted by Crippen LogP contribution is 2.31. The molecule has 1 atom stereocenters. The van der Waals surface area contributed by atoms with E-state index < -0.39 is 11.9 Å². The van der Waals surface area contributed by atoms with Crippen LogP contribution in [0.15, 0.2) is 18.2 Å². The topological polar surface area (TPSA) is 152 Å². The van der Waals surface area contributed by atoms with Gasteiger partial charge in [-0.25, -0.2) is 0 Å². The van der Waals surface area contributed by atoms with E-state index in [1.165, 1.54) is 0 Å². The molecule has 13 nitrogen and oxygen atoms in total. The first kappa shape index (κ1) is 35.2. The van der Waals surface area contributed by atoms with Crippen LogP contribution in [0.4, 0.5) is 0 Å². The zero-order valence-electron chi connectivity index (χ0n) is 27.3. The van der Waals surface area contributed by atoms with Crippen molar-refractivity contribution in [2.24, 2.45) is 13.0 Å². The van der Waals surface area contributed by atoms with Crippen LogP contribution in [-0.2, 0) is 26.1 Å². The van der Waals surface area contributed by atoms with Gasteiger partial charge in [0.25, 0.3) is 11.8 Å². The van der Waals surface area contributed by atoms with Crippen molar-refractivity contribution in [1.29, 1.82) is 0 Å². The maximum Gasteiger partial charge on any atom is 0.271 e. The maximum atomic E-state index is 14.1. The Hall–Kier alpha value is -3.68. The maximum absolute atomic E-state index is 14.1. The van der Waals surface area contributed by atoms with E-state index in [1.807, 2.05) is 0 Å². The van der Waals surface area contributed by atoms with Crippen LogP contribution in [0.2, 0.25) is 0 Å². The lowest BCUT2D eigenvalue weighted by Crippen LogP contribution is -2.58. The minimum atomic E-state index is -0.546. The summed E-state index contributed by atoms with van der Waals surface area (Å²) in [6.45, 7) is 4.43. The second-order valence-corrected chi connectivity index (χ2v) is 11.8. The summed E-state index contributed by atoms with van der Waals surface area (Å²) in [5, 5.41) is 15.3. The van der Waals surface area contributed by atoms with Crippen molar-refractivity contribution in [2.45, 2.75) is 51.5 Å². The summed E-state index contributed by atoms with van der Waals surface area (Å²) in [5.74, 6) is -0.180. The summed E-state index contributed by atoms with van der Waals surface area (Å²) in [5.41, 5.74) is 1.21. The van der Waals surface area contributed by atoms with E-state index in [2.05, 4.69) is 10.6 Å². The molecule has 1 saturated carbocycles. The van der Waals surface area contributed by atoms with Crippen LogP contribution in [0.5, 0.6) is 5.75 Å². The van der Waals surface area contributed by atoms with Gasteiger partial charge >= 0.3 is 0 Å². The Morgan fingerprint density at radius 2 is 1.63 bits per heavy atom. The molecule has 2 fully saturated rings. The van der Waals surface area contributed by atoms with Crippen LogP contribution < -0.4 is 15.4 Å². The highest BCUT2D eigenvalue weighted by Gasteiger charge is 2.36. The first-order chi connectivity index (χ1) is 22.3. The van der Waals surface area contributed by atoms with E-state index in [4.69, 9.17) is 19.3 Å². The predicted octanol–water partition coefficient (Wildman–Crippen LogP) is 1.70. The summed E-state index contributed by atoms with van der Waals surface area (Å²) >= 11 is 0. The number of hydrogen-bond donors (Lipinski definition) is 3. The molecule has 0 radical (unpaired) electrons. The van der Waals surface area contributed by atoms with Crippen molar-refractivity contribution in [1.82, 2.24) is 25.0 Å². The zero-order valence-corrected chi connectivity index (χ0v) is 27.3. The summed E-state index contributed by atoms with van der Waals surface area (Å²) in [6.07, 6.45) is 5.41. The lowest BCUT2D eigenvalue weighted by atomic mass is 9.83. The molecule has 3 N–H and O–H groups in total. The molecule has 4 amide bonds. The summed E-state index contributed by atoms with van der Waals surface area (Å²) in [7, 11) is 3.32. The Balaban J connectivity index is 1.46. The van der Waals surface area contributed by atoms with E-state index in [-0.39, 0.29) is 61.3 Å². The Kier molecular flexibility index (Phi) is 13.2. The number of benzene rings is 1. The summed E-state index contributed by atoms with van der Waals surface area (Å²) < 4.78 is 17.8. The van der Waals surface area contributed by atoms with Gasteiger partial charge < -0.3 is 44.3 Å². The van der Waals surface area contributed by atoms with Crippen molar-refractivity contribution in [3.63, 3.8) is 0 Å². The predicted molar refractivity (Wildman–Crippen MR) is 172 cm³/mol. The number of ether oxygens (including phenoxy) is 3. The molecule has 2 heterocycles. The fourth-order valence-electron chi connectivity index (χ4n) is 6.34. The van der Waals surface area contributed by atoms with Gasteiger partial charge in [-0.05, 0) is 30.9 Å². The monoisotopic (exact) mass is 643 g/mol. The number of piperazine rings is 1. The number of fused-ring (bicyclic) bond motifs is 1. The largest absolute Gasteiger partial charge is 0.497 e. The Bertz CT molecular complexity index is 1350. The summed E-state index contributed by atoms with van der Waals surface area (Å²) in [6, 6.07) is 4.79. The van der Waals surface area contributed by atoms with Crippen LogP contribution >= 0.6 is 0 Å². The molecule has 0 unspecified atom stereocenters. The van der Waals surface area contributed by atoms with Gasteiger partial charge in [-0.1, -0.05) is 26.2 Å². The minimum absolute atomic E-state index is 0.0542. The normalized spacial score (nSPS) is 16.3. The van der Waals surface area contributed by atoms with E-state index >= 15 is 0 Å². The molecule has 46 heavy (non-hydrogen) atoms. The van der Waals surface area contributed by atoms with Gasteiger partial charge in [-0.2, -0.15) is 0 Å². The number of hydrogen-bond acceptors (Lipinski definition) is 8. The van der Waals surface area contributed by atoms with Gasteiger partial charge in [-0.3, -0.25) is 19.2 Å². The van der Waals surface area contributed by atoms with Crippen molar-refractivity contribution >= 4 is 34.5 Å². The lowest BCUT2D eigenvalue weighted by Gasteiger charge is -2.39. The fraction of sp³-hybridized carbons (Fsp3) is 0.636. The molecule has 1 saturated heterocycles. The molecular weight excluding hydrogens is 594 g/mol. The fourth-order valence-corrected chi connectivity index (χ4v) is 6.34. The van der Waals surface area contributed by atoms with E-state index in [1.54, 1.807) is 53.6 Å². The number of aliphatic hydroxyl groups excluding tert-OH is 1.